The van der Waals surface area contributed by atoms with Crippen molar-refractivity contribution in [3.63, 3.8) is 0 Å². The third kappa shape index (κ3) is 2.49. The molecule has 16 heavy (non-hydrogen) atoms. The Morgan fingerprint density at radius 2 is 1.69 bits per heavy atom. The van der Waals surface area contributed by atoms with E-state index >= 15 is 0 Å². The van der Waals surface area contributed by atoms with E-state index in [2.05, 4.69) is 0 Å². The van der Waals surface area contributed by atoms with Gasteiger partial charge in [-0.1, -0.05) is 53.0 Å². The van der Waals surface area contributed by atoms with Crippen LogP contribution in [0.5, 0.6) is 0 Å². The van der Waals surface area contributed by atoms with Gasteiger partial charge in [-0.2, -0.15) is 0 Å². The van der Waals surface area contributed by atoms with E-state index in [-0.39, 0.29) is 5.38 Å². The Morgan fingerprint density at radius 3 is 2.25 bits per heavy atom. The smallest absolute Gasteiger partial charge is 0.0994 e. The molecule has 0 radical (unpaired) electrons. The standard InChI is InChI=1S/C11H6Cl4S/c12-8-4-2-1-3-6(8)10(14)7-5-9(13)16-11(7)15/h1-5,10H. The quantitative estimate of drug-likeness (QED) is 0.593. The summed E-state index contributed by atoms with van der Waals surface area (Å²) >= 11 is 25.6. The Bertz CT molecular complexity index is 506. The van der Waals surface area contributed by atoms with Crippen molar-refractivity contribution in [2.24, 2.45) is 0 Å². The molecule has 0 fully saturated rings. The van der Waals surface area contributed by atoms with Crippen LogP contribution in [-0.2, 0) is 0 Å². The molecule has 0 aliphatic carbocycles. The largest absolute Gasteiger partial charge is 0.112 e. The molecule has 0 N–H and O–H groups in total. The molecule has 84 valence electrons. The van der Waals surface area contributed by atoms with E-state index in [0.29, 0.717) is 13.7 Å². The molecule has 0 aliphatic heterocycles. The Kier molecular flexibility index (Phi) is 4.04. The number of hydrogen-bond acceptors (Lipinski definition) is 1. The fraction of sp³-hybridized carbons (Fsp3) is 0.0909. The summed E-state index contributed by atoms with van der Waals surface area (Å²) < 4.78 is 1.22. The molecule has 0 spiro atoms. The maximum absolute atomic E-state index is 6.33. The average Bonchev–Trinajstić information content (AvgIpc) is 2.58. The molecular formula is C11H6Cl4S. The van der Waals surface area contributed by atoms with Gasteiger partial charge in [-0.05, 0) is 17.7 Å². The van der Waals surface area contributed by atoms with Crippen LogP contribution in [0.1, 0.15) is 16.5 Å². The Morgan fingerprint density at radius 1 is 1.00 bits per heavy atom. The highest BCUT2D eigenvalue weighted by atomic mass is 35.5. The molecule has 0 amide bonds. The van der Waals surface area contributed by atoms with Gasteiger partial charge in [0, 0.05) is 10.6 Å². The molecule has 1 atom stereocenters. The number of alkyl halides is 1. The van der Waals surface area contributed by atoms with Crippen LogP contribution < -0.4 is 0 Å². The summed E-state index contributed by atoms with van der Waals surface area (Å²) in [6.45, 7) is 0. The fourth-order valence-corrected chi connectivity index (χ4v) is 3.69. The number of halogens is 4. The van der Waals surface area contributed by atoms with Crippen molar-refractivity contribution in [3.05, 3.63) is 55.2 Å². The van der Waals surface area contributed by atoms with Crippen molar-refractivity contribution < 1.29 is 0 Å². The van der Waals surface area contributed by atoms with E-state index in [9.17, 15) is 0 Å². The summed E-state index contributed by atoms with van der Waals surface area (Å²) in [7, 11) is 0. The average molecular weight is 312 g/mol. The van der Waals surface area contributed by atoms with Gasteiger partial charge >= 0.3 is 0 Å². The van der Waals surface area contributed by atoms with Crippen LogP contribution >= 0.6 is 57.7 Å². The minimum atomic E-state index is -0.370. The van der Waals surface area contributed by atoms with Crippen LogP contribution in [0.4, 0.5) is 0 Å². The van der Waals surface area contributed by atoms with Gasteiger partial charge in [0.15, 0.2) is 0 Å². The summed E-state index contributed by atoms with van der Waals surface area (Å²) in [4.78, 5) is 0. The van der Waals surface area contributed by atoms with Crippen molar-refractivity contribution in [3.8, 4) is 0 Å². The van der Waals surface area contributed by atoms with Gasteiger partial charge in [0.2, 0.25) is 0 Å². The maximum atomic E-state index is 6.33. The summed E-state index contributed by atoms with van der Waals surface area (Å²) in [5, 5.41) is 0.255. The lowest BCUT2D eigenvalue weighted by Gasteiger charge is -2.10. The molecule has 0 bridgehead atoms. The summed E-state index contributed by atoms with van der Waals surface area (Å²) in [6.07, 6.45) is 0. The zero-order valence-corrected chi connectivity index (χ0v) is 11.7. The van der Waals surface area contributed by atoms with E-state index < -0.39 is 0 Å². The lowest BCUT2D eigenvalue weighted by Crippen LogP contribution is -1.92. The van der Waals surface area contributed by atoms with E-state index in [1.165, 1.54) is 11.3 Å². The van der Waals surface area contributed by atoms with Crippen LogP contribution in [0, 0.1) is 0 Å². The zero-order chi connectivity index (χ0) is 11.7. The first-order valence-corrected chi connectivity index (χ1v) is 6.81. The first-order chi connectivity index (χ1) is 7.59. The van der Waals surface area contributed by atoms with Crippen LogP contribution in [0.25, 0.3) is 0 Å². The topological polar surface area (TPSA) is 0 Å². The first kappa shape index (κ1) is 12.5. The Hall–Kier alpha value is 0.0800. The van der Waals surface area contributed by atoms with Gasteiger partial charge in [-0.3, -0.25) is 0 Å². The van der Waals surface area contributed by atoms with Gasteiger partial charge in [0.1, 0.15) is 0 Å². The molecule has 2 aromatic rings. The zero-order valence-electron chi connectivity index (χ0n) is 7.88. The molecule has 0 aliphatic rings. The number of thiophene rings is 1. The highest BCUT2D eigenvalue weighted by molar-refractivity contribution is 7.20. The molecule has 1 aromatic carbocycles. The normalized spacial score (nSPS) is 12.8. The van der Waals surface area contributed by atoms with Crippen LogP contribution in [0.15, 0.2) is 30.3 Å². The molecule has 5 heteroatoms. The number of hydrogen-bond donors (Lipinski definition) is 0. The maximum Gasteiger partial charge on any atom is 0.0994 e. The van der Waals surface area contributed by atoms with Gasteiger partial charge < -0.3 is 0 Å². The number of rotatable bonds is 2. The van der Waals surface area contributed by atoms with Gasteiger partial charge in [-0.15, -0.1) is 22.9 Å². The lowest BCUT2D eigenvalue weighted by molar-refractivity contribution is 1.16. The van der Waals surface area contributed by atoms with Gasteiger partial charge in [0.25, 0.3) is 0 Å². The van der Waals surface area contributed by atoms with Crippen LogP contribution in [0.2, 0.25) is 13.7 Å². The molecule has 0 saturated heterocycles. The van der Waals surface area contributed by atoms with E-state index in [1.54, 1.807) is 12.1 Å². The third-order valence-corrected chi connectivity index (χ3v) is 4.47. The van der Waals surface area contributed by atoms with E-state index in [4.69, 9.17) is 46.4 Å². The highest BCUT2D eigenvalue weighted by Crippen LogP contribution is 2.42. The molecule has 2 rings (SSSR count). The lowest BCUT2D eigenvalue weighted by atomic mass is 10.1. The van der Waals surface area contributed by atoms with Crippen LogP contribution in [-0.4, -0.2) is 0 Å². The van der Waals surface area contributed by atoms with Crippen molar-refractivity contribution in [1.29, 1.82) is 0 Å². The minimum absolute atomic E-state index is 0.370. The number of benzene rings is 1. The summed E-state index contributed by atoms with van der Waals surface area (Å²) in [5.41, 5.74) is 1.63. The predicted octanol–water partition coefficient (Wildman–Crippen LogP) is 6.04. The highest BCUT2D eigenvalue weighted by Gasteiger charge is 2.18. The molecule has 1 unspecified atom stereocenters. The van der Waals surface area contributed by atoms with Gasteiger partial charge in [-0.25, -0.2) is 0 Å². The fourth-order valence-electron chi connectivity index (χ4n) is 1.37. The minimum Gasteiger partial charge on any atom is -0.112 e. The predicted molar refractivity (Wildman–Crippen MR) is 73.5 cm³/mol. The van der Waals surface area contributed by atoms with Gasteiger partial charge in [0.05, 0.1) is 14.0 Å². The van der Waals surface area contributed by atoms with E-state index in [0.717, 1.165) is 11.1 Å². The summed E-state index contributed by atoms with van der Waals surface area (Å²) in [5.74, 6) is 0. The second-order valence-electron chi connectivity index (χ2n) is 3.16. The van der Waals surface area contributed by atoms with E-state index in [1.807, 2.05) is 18.2 Å². The first-order valence-electron chi connectivity index (χ1n) is 4.43. The SMILES string of the molecule is Clc1cc(C(Cl)c2ccccc2Cl)c(Cl)s1. The van der Waals surface area contributed by atoms with Crippen LogP contribution in [0.3, 0.4) is 0 Å². The van der Waals surface area contributed by atoms with Crippen molar-refractivity contribution >= 4 is 57.7 Å². The third-order valence-electron chi connectivity index (χ3n) is 2.13. The second-order valence-corrected chi connectivity index (χ2v) is 6.29. The molecule has 1 heterocycles. The van der Waals surface area contributed by atoms with Crippen molar-refractivity contribution in [2.75, 3.05) is 0 Å². The Balaban J connectivity index is 2.43. The molecule has 0 saturated carbocycles. The van der Waals surface area contributed by atoms with Crippen molar-refractivity contribution in [1.82, 2.24) is 0 Å². The Labute approximate surface area is 118 Å². The summed E-state index contributed by atoms with van der Waals surface area (Å²) in [6, 6.07) is 9.20. The second kappa shape index (κ2) is 5.16. The molecular weight excluding hydrogens is 306 g/mol. The molecule has 1 aromatic heterocycles. The molecule has 0 nitrogen and oxygen atoms in total. The monoisotopic (exact) mass is 310 g/mol. The van der Waals surface area contributed by atoms with Crippen molar-refractivity contribution in [2.45, 2.75) is 5.38 Å².